The number of rotatable bonds is 5. The molecule has 2 heterocycles. The standard InChI is InChI=1S/C20H24ClN3O2S/c1-11(2)22-19-24-17(18(21)27-19)15-10-16(26-20(3,4)5)13-8-7-12(25-6)9-14(13)23-15/h7-11H,1-6H3,(H,22,24). The maximum Gasteiger partial charge on any atom is 0.184 e. The molecular formula is C20H24ClN3O2S. The number of nitrogens with one attached hydrogen (secondary N) is 1. The van der Waals surface area contributed by atoms with E-state index in [9.17, 15) is 0 Å². The Morgan fingerprint density at radius 2 is 1.89 bits per heavy atom. The van der Waals surface area contributed by atoms with Gasteiger partial charge in [-0.3, -0.25) is 0 Å². The van der Waals surface area contributed by atoms with E-state index >= 15 is 0 Å². The Morgan fingerprint density at radius 1 is 1.15 bits per heavy atom. The molecule has 2 aromatic heterocycles. The Morgan fingerprint density at radius 3 is 2.52 bits per heavy atom. The van der Waals surface area contributed by atoms with Crippen molar-refractivity contribution in [2.75, 3.05) is 12.4 Å². The zero-order chi connectivity index (χ0) is 19.8. The molecule has 1 aromatic carbocycles. The van der Waals surface area contributed by atoms with Crippen molar-refractivity contribution < 1.29 is 9.47 Å². The van der Waals surface area contributed by atoms with Crippen LogP contribution in [0, 0.1) is 0 Å². The average Bonchev–Trinajstić information content (AvgIpc) is 2.92. The third-order valence-corrected chi connectivity index (χ3v) is 4.82. The molecule has 0 amide bonds. The SMILES string of the molecule is COc1ccc2c(OC(C)(C)C)cc(-c3nc(NC(C)C)sc3Cl)nc2c1. The summed E-state index contributed by atoms with van der Waals surface area (Å²) in [4.78, 5) is 9.40. The molecule has 0 saturated carbocycles. The first-order valence-corrected chi connectivity index (χ1v) is 9.97. The molecule has 0 bridgehead atoms. The zero-order valence-electron chi connectivity index (χ0n) is 16.4. The number of ether oxygens (including phenoxy) is 2. The van der Waals surface area contributed by atoms with Crippen LogP contribution in [0.15, 0.2) is 24.3 Å². The number of anilines is 1. The number of nitrogens with zero attached hydrogens (tertiary/aromatic N) is 2. The third kappa shape index (κ3) is 4.62. The molecule has 1 N–H and O–H groups in total. The number of thiazole rings is 1. The molecule has 144 valence electrons. The van der Waals surface area contributed by atoms with E-state index in [4.69, 9.17) is 26.1 Å². The summed E-state index contributed by atoms with van der Waals surface area (Å²) < 4.78 is 12.1. The van der Waals surface area contributed by atoms with Crippen LogP contribution in [0.1, 0.15) is 34.6 Å². The van der Waals surface area contributed by atoms with Gasteiger partial charge in [-0.15, -0.1) is 0 Å². The van der Waals surface area contributed by atoms with Crippen LogP contribution in [0.3, 0.4) is 0 Å². The van der Waals surface area contributed by atoms with Crippen molar-refractivity contribution in [2.24, 2.45) is 0 Å². The van der Waals surface area contributed by atoms with E-state index in [0.717, 1.165) is 27.5 Å². The van der Waals surface area contributed by atoms with Gasteiger partial charge in [0, 0.05) is 23.6 Å². The van der Waals surface area contributed by atoms with Gasteiger partial charge in [0.25, 0.3) is 0 Å². The van der Waals surface area contributed by atoms with Crippen LogP contribution in [-0.2, 0) is 0 Å². The number of methoxy groups -OCH3 is 1. The molecule has 0 saturated heterocycles. The largest absolute Gasteiger partial charge is 0.497 e. The fourth-order valence-electron chi connectivity index (χ4n) is 2.61. The van der Waals surface area contributed by atoms with Crippen molar-refractivity contribution in [2.45, 2.75) is 46.3 Å². The first-order valence-electron chi connectivity index (χ1n) is 8.77. The first kappa shape index (κ1) is 19.7. The normalized spacial score (nSPS) is 11.9. The second-order valence-electron chi connectivity index (χ2n) is 7.54. The Kier molecular flexibility index (Phi) is 5.49. The second-order valence-corrected chi connectivity index (χ2v) is 9.14. The maximum atomic E-state index is 6.47. The monoisotopic (exact) mass is 405 g/mol. The second kappa shape index (κ2) is 7.52. The summed E-state index contributed by atoms with van der Waals surface area (Å²) >= 11 is 7.88. The van der Waals surface area contributed by atoms with Crippen LogP contribution in [0.5, 0.6) is 11.5 Å². The predicted molar refractivity (Wildman–Crippen MR) is 114 cm³/mol. The van der Waals surface area contributed by atoms with E-state index < -0.39 is 0 Å². The molecule has 0 atom stereocenters. The molecule has 0 fully saturated rings. The zero-order valence-corrected chi connectivity index (χ0v) is 18.0. The van der Waals surface area contributed by atoms with Gasteiger partial charge in [0.2, 0.25) is 0 Å². The number of fused-ring (bicyclic) bond motifs is 1. The minimum absolute atomic E-state index is 0.272. The summed E-state index contributed by atoms with van der Waals surface area (Å²) in [5.74, 6) is 1.48. The van der Waals surface area contributed by atoms with Crippen molar-refractivity contribution in [3.05, 3.63) is 28.6 Å². The number of aromatic nitrogens is 2. The minimum atomic E-state index is -0.346. The molecular weight excluding hydrogens is 382 g/mol. The lowest BCUT2D eigenvalue weighted by atomic mass is 10.1. The lowest BCUT2D eigenvalue weighted by Crippen LogP contribution is -2.23. The van der Waals surface area contributed by atoms with Gasteiger partial charge in [0.1, 0.15) is 27.1 Å². The van der Waals surface area contributed by atoms with E-state index in [1.807, 2.05) is 45.0 Å². The third-order valence-electron chi connectivity index (χ3n) is 3.64. The van der Waals surface area contributed by atoms with Gasteiger partial charge in [-0.05, 0) is 46.8 Å². The molecule has 0 aliphatic carbocycles. The van der Waals surface area contributed by atoms with Gasteiger partial charge in [-0.25, -0.2) is 9.97 Å². The lowest BCUT2D eigenvalue weighted by molar-refractivity contribution is 0.133. The Labute approximate surface area is 168 Å². The summed E-state index contributed by atoms with van der Waals surface area (Å²) in [6.45, 7) is 10.2. The molecule has 7 heteroatoms. The highest BCUT2D eigenvalue weighted by Crippen LogP contribution is 2.39. The Hall–Kier alpha value is -2.05. The van der Waals surface area contributed by atoms with E-state index in [0.29, 0.717) is 15.7 Å². The molecule has 0 aliphatic heterocycles. The van der Waals surface area contributed by atoms with Crippen LogP contribution in [0.2, 0.25) is 4.34 Å². The van der Waals surface area contributed by atoms with E-state index in [-0.39, 0.29) is 11.6 Å². The topological polar surface area (TPSA) is 56.3 Å². The highest BCUT2D eigenvalue weighted by atomic mass is 35.5. The Balaban J connectivity index is 2.16. The molecule has 0 aliphatic rings. The Bertz CT molecular complexity index is 964. The van der Waals surface area contributed by atoms with Gasteiger partial charge in [-0.1, -0.05) is 22.9 Å². The van der Waals surface area contributed by atoms with Gasteiger partial charge in [-0.2, -0.15) is 0 Å². The quantitative estimate of drug-likeness (QED) is 0.562. The summed E-state index contributed by atoms with van der Waals surface area (Å²) in [6.07, 6.45) is 0. The number of benzene rings is 1. The van der Waals surface area contributed by atoms with E-state index in [2.05, 4.69) is 24.1 Å². The average molecular weight is 406 g/mol. The summed E-state index contributed by atoms with van der Waals surface area (Å²) in [5, 5.41) is 4.98. The molecule has 3 rings (SSSR count). The summed E-state index contributed by atoms with van der Waals surface area (Å²) in [7, 11) is 1.64. The molecule has 5 nitrogen and oxygen atoms in total. The van der Waals surface area contributed by atoms with Crippen LogP contribution in [0.4, 0.5) is 5.13 Å². The number of hydrogen-bond donors (Lipinski definition) is 1. The summed E-state index contributed by atoms with van der Waals surface area (Å²) in [6, 6.07) is 7.93. The van der Waals surface area contributed by atoms with Crippen LogP contribution in [0.25, 0.3) is 22.3 Å². The smallest absolute Gasteiger partial charge is 0.184 e. The van der Waals surface area contributed by atoms with Crippen LogP contribution in [-0.4, -0.2) is 28.7 Å². The van der Waals surface area contributed by atoms with E-state index in [1.165, 1.54) is 11.3 Å². The molecule has 0 spiro atoms. The highest BCUT2D eigenvalue weighted by molar-refractivity contribution is 7.20. The minimum Gasteiger partial charge on any atom is -0.497 e. The van der Waals surface area contributed by atoms with Gasteiger partial charge in [0.05, 0.1) is 18.3 Å². The summed E-state index contributed by atoms with van der Waals surface area (Å²) in [5.41, 5.74) is 1.75. The van der Waals surface area contributed by atoms with Gasteiger partial charge >= 0.3 is 0 Å². The number of halogens is 1. The first-order chi connectivity index (χ1) is 12.7. The fourth-order valence-corrected chi connectivity index (χ4v) is 3.81. The van der Waals surface area contributed by atoms with Crippen LogP contribution < -0.4 is 14.8 Å². The van der Waals surface area contributed by atoms with E-state index in [1.54, 1.807) is 7.11 Å². The van der Waals surface area contributed by atoms with Crippen molar-refractivity contribution in [1.29, 1.82) is 0 Å². The maximum absolute atomic E-state index is 6.47. The molecule has 0 unspecified atom stereocenters. The fraction of sp³-hybridized carbons (Fsp3) is 0.400. The van der Waals surface area contributed by atoms with Crippen molar-refractivity contribution in [3.8, 4) is 22.9 Å². The number of pyridine rings is 1. The number of hydrogen-bond acceptors (Lipinski definition) is 6. The van der Waals surface area contributed by atoms with Crippen molar-refractivity contribution in [1.82, 2.24) is 9.97 Å². The predicted octanol–water partition coefficient (Wildman–Crippen LogP) is 6.02. The molecule has 27 heavy (non-hydrogen) atoms. The highest BCUT2D eigenvalue weighted by Gasteiger charge is 2.19. The van der Waals surface area contributed by atoms with Gasteiger partial charge in [0.15, 0.2) is 5.13 Å². The van der Waals surface area contributed by atoms with Gasteiger partial charge < -0.3 is 14.8 Å². The lowest BCUT2D eigenvalue weighted by Gasteiger charge is -2.23. The van der Waals surface area contributed by atoms with Crippen LogP contribution >= 0.6 is 22.9 Å². The van der Waals surface area contributed by atoms with Crippen molar-refractivity contribution >= 4 is 39.0 Å². The molecule has 3 aromatic rings. The van der Waals surface area contributed by atoms with Crippen molar-refractivity contribution in [3.63, 3.8) is 0 Å². The molecule has 0 radical (unpaired) electrons.